The van der Waals surface area contributed by atoms with Crippen LogP contribution in [0.5, 0.6) is 0 Å². The van der Waals surface area contributed by atoms with Crippen LogP contribution in [0.25, 0.3) is 0 Å². The Labute approximate surface area is 120 Å². The average molecular weight is 279 g/mol. The van der Waals surface area contributed by atoms with Crippen LogP contribution in [-0.4, -0.2) is 48.4 Å². The van der Waals surface area contributed by atoms with Gasteiger partial charge in [0.25, 0.3) is 0 Å². The minimum absolute atomic E-state index is 0.0290. The number of hydrogen-bond acceptors (Lipinski definition) is 3. The molecule has 3 rings (SSSR count). The Morgan fingerprint density at radius 3 is 2.35 bits per heavy atom. The first-order valence-corrected chi connectivity index (χ1v) is 8.06. The van der Waals surface area contributed by atoms with Crippen molar-refractivity contribution in [1.29, 1.82) is 0 Å². The van der Waals surface area contributed by atoms with E-state index in [0.29, 0.717) is 0 Å². The molecule has 0 spiro atoms. The van der Waals surface area contributed by atoms with Gasteiger partial charge >= 0.3 is 0 Å². The van der Waals surface area contributed by atoms with E-state index in [1.165, 1.54) is 6.42 Å². The molecule has 0 aromatic carbocycles. The van der Waals surface area contributed by atoms with Crippen molar-refractivity contribution in [1.82, 2.24) is 15.5 Å². The quantitative estimate of drug-likeness (QED) is 0.797. The van der Waals surface area contributed by atoms with E-state index < -0.39 is 0 Å². The third-order valence-electron chi connectivity index (χ3n) is 4.71. The van der Waals surface area contributed by atoms with Crippen LogP contribution in [0.2, 0.25) is 0 Å². The Kier molecular flexibility index (Phi) is 4.24. The van der Waals surface area contributed by atoms with Crippen molar-refractivity contribution in [3.05, 3.63) is 0 Å². The standard InChI is InChI=1S/C15H25N3O2/c19-14(11-4-5-11)17-12-6-9-18(10-7-12)15(20)13-3-1-2-8-16-13/h11-13,16H,1-10H2,(H,17,19)/t13-/m1/s1. The minimum atomic E-state index is 0.0290. The van der Waals surface area contributed by atoms with Gasteiger partial charge in [-0.15, -0.1) is 0 Å². The summed E-state index contributed by atoms with van der Waals surface area (Å²) >= 11 is 0. The Balaban J connectivity index is 1.42. The highest BCUT2D eigenvalue weighted by molar-refractivity contribution is 5.82. The van der Waals surface area contributed by atoms with Crippen LogP contribution in [0, 0.1) is 5.92 Å². The van der Waals surface area contributed by atoms with E-state index in [-0.39, 0.29) is 29.8 Å². The highest BCUT2D eigenvalue weighted by Crippen LogP contribution is 2.29. The molecule has 1 saturated carbocycles. The molecule has 1 aliphatic carbocycles. The Hall–Kier alpha value is -1.10. The molecule has 5 heteroatoms. The fraction of sp³-hybridized carbons (Fsp3) is 0.867. The molecule has 2 amide bonds. The van der Waals surface area contributed by atoms with Crippen molar-refractivity contribution in [2.24, 2.45) is 5.92 Å². The summed E-state index contributed by atoms with van der Waals surface area (Å²) in [6.45, 7) is 2.53. The zero-order chi connectivity index (χ0) is 13.9. The molecule has 0 unspecified atom stereocenters. The third-order valence-corrected chi connectivity index (χ3v) is 4.71. The normalized spacial score (nSPS) is 28.2. The van der Waals surface area contributed by atoms with E-state index in [0.717, 1.165) is 58.2 Å². The molecule has 3 fully saturated rings. The number of hydrogen-bond donors (Lipinski definition) is 2. The summed E-state index contributed by atoms with van der Waals surface area (Å²) in [5, 5.41) is 6.45. The molecule has 0 bridgehead atoms. The van der Waals surface area contributed by atoms with Crippen LogP contribution >= 0.6 is 0 Å². The number of nitrogens with zero attached hydrogens (tertiary/aromatic N) is 1. The van der Waals surface area contributed by atoms with Gasteiger partial charge in [-0.1, -0.05) is 6.42 Å². The van der Waals surface area contributed by atoms with E-state index in [2.05, 4.69) is 10.6 Å². The van der Waals surface area contributed by atoms with Crippen LogP contribution in [-0.2, 0) is 9.59 Å². The fourth-order valence-corrected chi connectivity index (χ4v) is 3.19. The molecule has 2 heterocycles. The van der Waals surface area contributed by atoms with E-state index >= 15 is 0 Å². The SMILES string of the molecule is O=C(NC1CCN(C(=O)[C@H]2CCCCN2)CC1)C1CC1. The van der Waals surface area contributed by atoms with E-state index in [4.69, 9.17) is 0 Å². The molecular weight excluding hydrogens is 254 g/mol. The van der Waals surface area contributed by atoms with Crippen molar-refractivity contribution >= 4 is 11.8 Å². The first kappa shape index (κ1) is 13.9. The largest absolute Gasteiger partial charge is 0.353 e. The van der Waals surface area contributed by atoms with Crippen LogP contribution in [0.15, 0.2) is 0 Å². The summed E-state index contributed by atoms with van der Waals surface area (Å²) in [6.07, 6.45) is 7.20. The maximum atomic E-state index is 12.4. The van der Waals surface area contributed by atoms with Gasteiger partial charge in [0.15, 0.2) is 0 Å². The molecule has 112 valence electrons. The number of carbonyl (C=O) groups excluding carboxylic acids is 2. The van der Waals surface area contributed by atoms with E-state index in [9.17, 15) is 9.59 Å². The number of piperidine rings is 2. The fourth-order valence-electron chi connectivity index (χ4n) is 3.19. The summed E-state index contributed by atoms with van der Waals surface area (Å²) in [5.41, 5.74) is 0. The first-order chi connectivity index (χ1) is 9.74. The molecule has 5 nitrogen and oxygen atoms in total. The van der Waals surface area contributed by atoms with Crippen molar-refractivity contribution in [2.75, 3.05) is 19.6 Å². The molecule has 2 aliphatic heterocycles. The molecule has 2 saturated heterocycles. The van der Waals surface area contributed by atoms with Gasteiger partial charge in [-0.25, -0.2) is 0 Å². The summed E-state index contributed by atoms with van der Waals surface area (Å²) in [6, 6.07) is 0.299. The van der Waals surface area contributed by atoms with Gasteiger partial charge in [0.2, 0.25) is 11.8 Å². The zero-order valence-corrected chi connectivity index (χ0v) is 12.1. The molecule has 1 atom stereocenters. The van der Waals surface area contributed by atoms with Crippen molar-refractivity contribution in [3.63, 3.8) is 0 Å². The van der Waals surface area contributed by atoms with Crippen LogP contribution in [0.1, 0.15) is 44.9 Å². The number of rotatable bonds is 3. The average Bonchev–Trinajstić information content (AvgIpc) is 3.33. The lowest BCUT2D eigenvalue weighted by Gasteiger charge is -2.35. The Bertz CT molecular complexity index is 367. The second-order valence-electron chi connectivity index (χ2n) is 6.38. The monoisotopic (exact) mass is 279 g/mol. The lowest BCUT2D eigenvalue weighted by atomic mass is 10.0. The highest BCUT2D eigenvalue weighted by Gasteiger charge is 2.33. The lowest BCUT2D eigenvalue weighted by molar-refractivity contribution is -0.135. The third kappa shape index (κ3) is 3.32. The van der Waals surface area contributed by atoms with Gasteiger partial charge < -0.3 is 15.5 Å². The van der Waals surface area contributed by atoms with Gasteiger partial charge in [-0.3, -0.25) is 9.59 Å². The van der Waals surface area contributed by atoms with Gasteiger partial charge in [0, 0.05) is 25.0 Å². The van der Waals surface area contributed by atoms with Gasteiger partial charge in [-0.05, 0) is 45.1 Å². The molecule has 0 aromatic rings. The van der Waals surface area contributed by atoms with E-state index in [1.54, 1.807) is 0 Å². The molecule has 20 heavy (non-hydrogen) atoms. The predicted octanol–water partition coefficient (Wildman–Crippen LogP) is 0.646. The lowest BCUT2D eigenvalue weighted by Crippen LogP contribution is -2.53. The highest BCUT2D eigenvalue weighted by atomic mass is 16.2. The summed E-state index contributed by atoms with van der Waals surface area (Å²) in [5.74, 6) is 0.765. The predicted molar refractivity (Wildman–Crippen MR) is 76.1 cm³/mol. The number of carbonyl (C=O) groups is 2. The molecule has 0 aromatic heterocycles. The second-order valence-corrected chi connectivity index (χ2v) is 6.38. The molecule has 3 aliphatic rings. The maximum Gasteiger partial charge on any atom is 0.239 e. The number of nitrogens with one attached hydrogen (secondary N) is 2. The summed E-state index contributed by atoms with van der Waals surface area (Å²) in [4.78, 5) is 26.1. The van der Waals surface area contributed by atoms with Crippen molar-refractivity contribution < 1.29 is 9.59 Å². The second kappa shape index (κ2) is 6.12. The summed E-state index contributed by atoms with van der Waals surface area (Å²) < 4.78 is 0. The minimum Gasteiger partial charge on any atom is -0.353 e. The van der Waals surface area contributed by atoms with Gasteiger partial charge in [-0.2, -0.15) is 0 Å². The van der Waals surface area contributed by atoms with Gasteiger partial charge in [0.05, 0.1) is 6.04 Å². The number of likely N-dealkylation sites (tertiary alicyclic amines) is 1. The molecular formula is C15H25N3O2. The Morgan fingerprint density at radius 1 is 1.00 bits per heavy atom. The van der Waals surface area contributed by atoms with Crippen LogP contribution < -0.4 is 10.6 Å². The van der Waals surface area contributed by atoms with Gasteiger partial charge in [0.1, 0.15) is 0 Å². The Morgan fingerprint density at radius 2 is 1.75 bits per heavy atom. The molecule has 0 radical (unpaired) electrons. The van der Waals surface area contributed by atoms with Crippen molar-refractivity contribution in [3.8, 4) is 0 Å². The first-order valence-electron chi connectivity index (χ1n) is 8.06. The van der Waals surface area contributed by atoms with Crippen molar-refractivity contribution in [2.45, 2.75) is 57.0 Å². The number of amides is 2. The maximum absolute atomic E-state index is 12.4. The van der Waals surface area contributed by atoms with Crippen LogP contribution in [0.4, 0.5) is 0 Å². The summed E-state index contributed by atoms with van der Waals surface area (Å²) in [7, 11) is 0. The topological polar surface area (TPSA) is 61.4 Å². The van der Waals surface area contributed by atoms with E-state index in [1.807, 2.05) is 4.90 Å². The smallest absolute Gasteiger partial charge is 0.239 e. The zero-order valence-electron chi connectivity index (χ0n) is 12.1. The molecule has 2 N–H and O–H groups in total. The van der Waals surface area contributed by atoms with Crippen LogP contribution in [0.3, 0.4) is 0 Å².